The third-order valence-electron chi connectivity index (χ3n) is 9.81. The molecule has 5 saturated carbocycles. The normalized spacial score (nSPS) is 48.9. The van der Waals surface area contributed by atoms with Crippen molar-refractivity contribution in [2.24, 2.45) is 39.9 Å². The van der Waals surface area contributed by atoms with Crippen molar-refractivity contribution in [2.45, 2.75) is 71.3 Å². The first-order valence-corrected chi connectivity index (χ1v) is 11.7. The van der Waals surface area contributed by atoms with Crippen molar-refractivity contribution in [3.8, 4) is 0 Å². The van der Waals surface area contributed by atoms with Gasteiger partial charge in [-0.1, -0.05) is 20.3 Å². The number of aliphatic hydroxyl groups is 1. The summed E-state index contributed by atoms with van der Waals surface area (Å²) in [5.41, 5.74) is 0.613. The summed E-state index contributed by atoms with van der Waals surface area (Å²) in [6, 6.07) is 0. The van der Waals surface area contributed by atoms with Gasteiger partial charge >= 0.3 is 0 Å². The van der Waals surface area contributed by atoms with Crippen molar-refractivity contribution in [1.82, 2.24) is 0 Å². The van der Waals surface area contributed by atoms with Gasteiger partial charge in [0.15, 0.2) is 0 Å². The number of methoxy groups -OCH3 is 2. The fourth-order valence-corrected chi connectivity index (χ4v) is 8.69. The van der Waals surface area contributed by atoms with E-state index >= 15 is 0 Å². The van der Waals surface area contributed by atoms with Crippen LogP contribution in [0.15, 0.2) is 0 Å². The molecule has 5 heteroatoms. The highest BCUT2D eigenvalue weighted by atomic mass is 16.7. The van der Waals surface area contributed by atoms with E-state index in [2.05, 4.69) is 13.8 Å². The molecule has 8 atom stereocenters. The molecule has 1 N–H and O–H groups in total. The van der Waals surface area contributed by atoms with Crippen molar-refractivity contribution >= 4 is 0 Å². The molecule has 0 saturated heterocycles. The molecular formula is C24H42O5. The molecule has 168 valence electrons. The Labute approximate surface area is 176 Å². The summed E-state index contributed by atoms with van der Waals surface area (Å²) < 4.78 is 22.9. The van der Waals surface area contributed by atoms with E-state index in [4.69, 9.17) is 18.9 Å². The van der Waals surface area contributed by atoms with E-state index in [1.54, 1.807) is 14.2 Å². The summed E-state index contributed by atoms with van der Waals surface area (Å²) in [7, 11) is 3.41. The second kappa shape index (κ2) is 8.38. The van der Waals surface area contributed by atoms with Crippen molar-refractivity contribution in [3.05, 3.63) is 0 Å². The van der Waals surface area contributed by atoms with Gasteiger partial charge in [0.05, 0.1) is 12.7 Å². The molecule has 5 rings (SSSR count). The Balaban J connectivity index is 1.65. The molecular weight excluding hydrogens is 368 g/mol. The lowest BCUT2D eigenvalue weighted by Gasteiger charge is -2.70. The Morgan fingerprint density at radius 2 is 1.69 bits per heavy atom. The van der Waals surface area contributed by atoms with Crippen LogP contribution >= 0.6 is 0 Å². The van der Waals surface area contributed by atoms with E-state index in [1.807, 2.05) is 0 Å². The molecule has 0 aromatic rings. The second-order valence-electron chi connectivity index (χ2n) is 11.0. The molecule has 5 aliphatic rings. The number of aliphatic hydroxyl groups excluding tert-OH is 1. The van der Waals surface area contributed by atoms with Gasteiger partial charge in [0.1, 0.15) is 13.6 Å². The molecule has 2 bridgehead atoms. The minimum atomic E-state index is 0.0785. The minimum absolute atomic E-state index is 0.0785. The number of fused-ring (bicyclic) bond motifs is 3. The van der Waals surface area contributed by atoms with Crippen LogP contribution in [0.3, 0.4) is 0 Å². The van der Waals surface area contributed by atoms with Gasteiger partial charge in [0, 0.05) is 32.2 Å². The van der Waals surface area contributed by atoms with Crippen LogP contribution in [0.25, 0.3) is 0 Å². The quantitative estimate of drug-likeness (QED) is 0.479. The maximum atomic E-state index is 10.3. The van der Waals surface area contributed by atoms with Gasteiger partial charge in [-0.25, -0.2) is 0 Å². The van der Waals surface area contributed by atoms with Gasteiger partial charge in [0.25, 0.3) is 0 Å². The summed E-state index contributed by atoms with van der Waals surface area (Å²) >= 11 is 0. The average molecular weight is 411 g/mol. The van der Waals surface area contributed by atoms with Crippen molar-refractivity contribution in [1.29, 1.82) is 0 Å². The zero-order valence-electron chi connectivity index (χ0n) is 19.0. The van der Waals surface area contributed by atoms with Gasteiger partial charge in [0.2, 0.25) is 0 Å². The van der Waals surface area contributed by atoms with E-state index in [9.17, 15) is 5.11 Å². The molecule has 0 aromatic heterocycles. The van der Waals surface area contributed by atoms with Crippen LogP contribution in [0.2, 0.25) is 0 Å². The van der Waals surface area contributed by atoms with Gasteiger partial charge in [-0.3, -0.25) is 0 Å². The Bertz CT molecular complexity index is 569. The largest absolute Gasteiger partial charge is 0.396 e. The highest BCUT2D eigenvalue weighted by molar-refractivity contribution is 5.16. The monoisotopic (exact) mass is 410 g/mol. The van der Waals surface area contributed by atoms with Crippen LogP contribution in [0.5, 0.6) is 0 Å². The third kappa shape index (κ3) is 3.40. The molecule has 29 heavy (non-hydrogen) atoms. The maximum absolute atomic E-state index is 10.3. The van der Waals surface area contributed by atoms with Crippen LogP contribution in [-0.4, -0.2) is 52.2 Å². The summed E-state index contributed by atoms with van der Waals surface area (Å²) in [6.07, 6.45) is 10.2. The molecule has 0 aromatic carbocycles. The summed E-state index contributed by atoms with van der Waals surface area (Å²) in [5, 5.41) is 10.3. The lowest BCUT2D eigenvalue weighted by molar-refractivity contribution is -0.278. The first kappa shape index (κ1) is 22.0. The van der Waals surface area contributed by atoms with Crippen molar-refractivity contribution in [2.75, 3.05) is 41.0 Å². The number of rotatable bonds is 8. The summed E-state index contributed by atoms with van der Waals surface area (Å²) in [4.78, 5) is 0. The molecule has 0 radical (unpaired) electrons. The zero-order chi connectivity index (χ0) is 20.7. The van der Waals surface area contributed by atoms with Gasteiger partial charge < -0.3 is 24.1 Å². The number of hydrogen-bond acceptors (Lipinski definition) is 5. The molecule has 5 fully saturated rings. The smallest absolute Gasteiger partial charge is 0.146 e. The van der Waals surface area contributed by atoms with E-state index < -0.39 is 0 Å². The topological polar surface area (TPSA) is 57.2 Å². The zero-order valence-corrected chi connectivity index (χ0v) is 19.0. The SMILES string of the molecule is COCOC[C@H]1[C@H]2CC[C@@]3(CC[C@@H]4[C@](C)(CO)CCC[C@@]4(C)[C@@H]3C2)[C@@H]1OCOC. The predicted molar refractivity (Wildman–Crippen MR) is 111 cm³/mol. The molecule has 0 unspecified atom stereocenters. The molecule has 5 aliphatic carbocycles. The Morgan fingerprint density at radius 3 is 2.41 bits per heavy atom. The molecule has 1 spiro atoms. The summed E-state index contributed by atoms with van der Waals surface area (Å²) in [5.74, 6) is 2.38. The molecule has 5 nitrogen and oxygen atoms in total. The third-order valence-corrected chi connectivity index (χ3v) is 9.81. The standard InChI is InChI=1S/C24H42O5/c1-22(14-25)8-5-9-23(2)19(22)7-11-24-10-6-17(12-20(23)24)18(13-28-15-26-3)21(24)29-16-27-4/h17-21,25H,5-16H2,1-4H3/t17-,18-,19+,20-,21+,22-,23+,24-/m0/s1. The Morgan fingerprint density at radius 1 is 0.931 bits per heavy atom. The van der Waals surface area contributed by atoms with Gasteiger partial charge in [-0.2, -0.15) is 0 Å². The van der Waals surface area contributed by atoms with Crippen molar-refractivity contribution < 1.29 is 24.1 Å². The van der Waals surface area contributed by atoms with Crippen LogP contribution < -0.4 is 0 Å². The van der Waals surface area contributed by atoms with E-state index in [0.717, 1.165) is 6.61 Å². The first-order valence-electron chi connectivity index (χ1n) is 11.7. The fourth-order valence-electron chi connectivity index (χ4n) is 8.69. The fraction of sp³-hybridized carbons (Fsp3) is 1.00. The van der Waals surface area contributed by atoms with Crippen LogP contribution in [0.4, 0.5) is 0 Å². The number of hydrogen-bond donors (Lipinski definition) is 1. The lowest BCUT2D eigenvalue weighted by Crippen LogP contribution is -2.67. The maximum Gasteiger partial charge on any atom is 0.146 e. The molecule has 0 aliphatic heterocycles. The van der Waals surface area contributed by atoms with Crippen LogP contribution in [0.1, 0.15) is 65.2 Å². The highest BCUT2D eigenvalue weighted by Gasteiger charge is 2.68. The molecule has 0 heterocycles. The molecule has 0 amide bonds. The van der Waals surface area contributed by atoms with E-state index in [1.165, 1.54) is 51.4 Å². The van der Waals surface area contributed by atoms with Crippen LogP contribution in [0, 0.1) is 39.9 Å². The second-order valence-corrected chi connectivity index (χ2v) is 11.0. The average Bonchev–Trinajstić information content (AvgIpc) is 2.72. The van der Waals surface area contributed by atoms with Gasteiger partial charge in [-0.05, 0) is 73.5 Å². The van der Waals surface area contributed by atoms with E-state index in [-0.39, 0.29) is 16.9 Å². The van der Waals surface area contributed by atoms with Crippen molar-refractivity contribution in [3.63, 3.8) is 0 Å². The Kier molecular flexibility index (Phi) is 6.36. The minimum Gasteiger partial charge on any atom is -0.396 e. The predicted octanol–water partition coefficient (Wildman–Crippen LogP) is 4.23. The van der Waals surface area contributed by atoms with Gasteiger partial charge in [-0.15, -0.1) is 0 Å². The van der Waals surface area contributed by atoms with Crippen LogP contribution in [-0.2, 0) is 18.9 Å². The summed E-state index contributed by atoms with van der Waals surface area (Å²) in [6.45, 7) is 6.66. The highest BCUT2D eigenvalue weighted by Crippen LogP contribution is 2.72. The van der Waals surface area contributed by atoms with E-state index in [0.29, 0.717) is 49.3 Å². The number of ether oxygens (including phenoxy) is 4. The Hall–Kier alpha value is -0.200. The lowest BCUT2D eigenvalue weighted by atomic mass is 9.35. The first-order chi connectivity index (χ1) is 13.9.